The van der Waals surface area contributed by atoms with E-state index in [-0.39, 0.29) is 5.41 Å². The summed E-state index contributed by atoms with van der Waals surface area (Å²) in [5.41, 5.74) is 1.67. The van der Waals surface area contributed by atoms with Gasteiger partial charge in [-0.3, -0.25) is 0 Å². The number of benzene rings is 1. The van der Waals surface area contributed by atoms with E-state index in [1.807, 2.05) is 12.4 Å². The Morgan fingerprint density at radius 1 is 1.32 bits per heavy atom. The Labute approximate surface area is 114 Å². The van der Waals surface area contributed by atoms with Crippen LogP contribution in [0, 0.1) is 0 Å². The Morgan fingerprint density at radius 3 is 2.58 bits per heavy atom. The molecule has 1 heterocycles. The normalized spacial score (nSPS) is 18.2. The number of hydrogen-bond acceptors (Lipinski definition) is 2. The van der Waals surface area contributed by atoms with Crippen LogP contribution in [0.1, 0.15) is 37.2 Å². The predicted molar refractivity (Wildman–Crippen MR) is 77.0 cm³/mol. The van der Waals surface area contributed by atoms with Crippen molar-refractivity contribution in [1.29, 1.82) is 0 Å². The fourth-order valence-corrected chi connectivity index (χ4v) is 3.04. The molecule has 0 bridgehead atoms. The van der Waals surface area contributed by atoms with Gasteiger partial charge in [0.25, 0.3) is 0 Å². The summed E-state index contributed by atoms with van der Waals surface area (Å²) in [6.07, 6.45) is 6.39. The lowest BCUT2D eigenvalue weighted by molar-refractivity contribution is 0.410. The van der Waals surface area contributed by atoms with E-state index in [4.69, 9.17) is 0 Å². The third kappa shape index (κ3) is 2.08. The van der Waals surface area contributed by atoms with E-state index in [0.717, 1.165) is 12.4 Å². The van der Waals surface area contributed by atoms with Crippen molar-refractivity contribution in [2.24, 2.45) is 7.05 Å². The molecule has 100 valence electrons. The van der Waals surface area contributed by atoms with Gasteiger partial charge in [0.05, 0.1) is 6.04 Å². The van der Waals surface area contributed by atoms with Crippen molar-refractivity contribution in [1.82, 2.24) is 14.9 Å². The van der Waals surface area contributed by atoms with Gasteiger partial charge in [-0.05, 0) is 24.9 Å². The average molecular weight is 255 g/mol. The van der Waals surface area contributed by atoms with Gasteiger partial charge in [0, 0.05) is 24.9 Å². The molecule has 2 aromatic rings. The van der Waals surface area contributed by atoms with Crippen molar-refractivity contribution in [2.45, 2.75) is 31.2 Å². The van der Waals surface area contributed by atoms with Gasteiger partial charge >= 0.3 is 0 Å². The Hall–Kier alpha value is -1.61. The highest BCUT2D eigenvalue weighted by molar-refractivity contribution is 5.35. The zero-order valence-corrected chi connectivity index (χ0v) is 11.6. The Kier molecular flexibility index (Phi) is 3.15. The molecular formula is C16H21N3. The van der Waals surface area contributed by atoms with Crippen LogP contribution < -0.4 is 5.32 Å². The average Bonchev–Trinajstić information content (AvgIpc) is 3.14. The lowest BCUT2D eigenvalue weighted by Crippen LogP contribution is -2.34. The molecule has 1 aliphatic carbocycles. The highest BCUT2D eigenvalue weighted by Crippen LogP contribution is 2.56. The van der Waals surface area contributed by atoms with Crippen molar-refractivity contribution in [2.75, 3.05) is 6.54 Å². The number of aromatic nitrogens is 2. The molecule has 3 nitrogen and oxygen atoms in total. The van der Waals surface area contributed by atoms with Crippen LogP contribution in [0.2, 0.25) is 0 Å². The first-order chi connectivity index (χ1) is 9.28. The number of hydrogen-bond donors (Lipinski definition) is 1. The van der Waals surface area contributed by atoms with E-state index >= 15 is 0 Å². The first-order valence-electron chi connectivity index (χ1n) is 7.04. The van der Waals surface area contributed by atoms with Crippen LogP contribution in [0.4, 0.5) is 0 Å². The fourth-order valence-electron chi connectivity index (χ4n) is 3.04. The van der Waals surface area contributed by atoms with Crippen molar-refractivity contribution >= 4 is 0 Å². The van der Waals surface area contributed by atoms with E-state index in [2.05, 4.69) is 59.2 Å². The number of nitrogens with one attached hydrogen (secondary N) is 1. The van der Waals surface area contributed by atoms with Gasteiger partial charge < -0.3 is 9.88 Å². The molecule has 0 radical (unpaired) electrons. The van der Waals surface area contributed by atoms with Crippen LogP contribution in [-0.2, 0) is 12.5 Å². The minimum atomic E-state index is 0.233. The summed E-state index contributed by atoms with van der Waals surface area (Å²) in [6.45, 7) is 3.13. The highest BCUT2D eigenvalue weighted by atomic mass is 15.1. The van der Waals surface area contributed by atoms with Crippen molar-refractivity contribution < 1.29 is 0 Å². The minimum absolute atomic E-state index is 0.233. The van der Waals surface area contributed by atoms with E-state index in [1.165, 1.54) is 18.4 Å². The third-order valence-corrected chi connectivity index (χ3v) is 4.21. The van der Waals surface area contributed by atoms with E-state index in [1.54, 1.807) is 0 Å². The van der Waals surface area contributed by atoms with E-state index in [0.29, 0.717) is 6.04 Å². The molecule has 0 amide bonds. The number of likely N-dealkylation sites (N-methyl/N-ethyl adjacent to an activating group) is 1. The molecule has 1 aromatic carbocycles. The smallest absolute Gasteiger partial charge is 0.126 e. The third-order valence-electron chi connectivity index (χ3n) is 4.21. The molecule has 1 atom stereocenters. The van der Waals surface area contributed by atoms with Crippen LogP contribution in [0.5, 0.6) is 0 Å². The van der Waals surface area contributed by atoms with Crippen molar-refractivity contribution in [3.05, 3.63) is 54.1 Å². The molecule has 1 saturated carbocycles. The van der Waals surface area contributed by atoms with Gasteiger partial charge in [-0.1, -0.05) is 37.3 Å². The second-order valence-electron chi connectivity index (χ2n) is 5.41. The summed E-state index contributed by atoms with van der Waals surface area (Å²) < 4.78 is 2.14. The summed E-state index contributed by atoms with van der Waals surface area (Å²) in [5.74, 6) is 1.14. The maximum atomic E-state index is 4.57. The zero-order valence-electron chi connectivity index (χ0n) is 11.6. The summed E-state index contributed by atoms with van der Waals surface area (Å²) in [7, 11) is 2.08. The molecule has 1 fully saturated rings. The molecule has 1 N–H and O–H groups in total. The number of nitrogens with zero attached hydrogens (tertiary/aromatic N) is 2. The van der Waals surface area contributed by atoms with Gasteiger partial charge in [0.1, 0.15) is 5.82 Å². The van der Waals surface area contributed by atoms with Crippen LogP contribution in [0.25, 0.3) is 0 Å². The van der Waals surface area contributed by atoms with Crippen LogP contribution >= 0.6 is 0 Å². The van der Waals surface area contributed by atoms with Crippen LogP contribution in [-0.4, -0.2) is 16.1 Å². The zero-order chi connectivity index (χ0) is 13.3. The Bertz CT molecular complexity index is 540. The molecular weight excluding hydrogens is 234 g/mol. The van der Waals surface area contributed by atoms with Gasteiger partial charge in [0.15, 0.2) is 0 Å². The molecule has 0 aliphatic heterocycles. The predicted octanol–water partition coefficient (Wildman–Crippen LogP) is 2.80. The quantitative estimate of drug-likeness (QED) is 0.890. The van der Waals surface area contributed by atoms with Gasteiger partial charge in [-0.2, -0.15) is 0 Å². The maximum Gasteiger partial charge on any atom is 0.126 e. The second-order valence-corrected chi connectivity index (χ2v) is 5.41. The van der Waals surface area contributed by atoms with Crippen LogP contribution in [0.3, 0.4) is 0 Å². The largest absolute Gasteiger partial charge is 0.337 e. The van der Waals surface area contributed by atoms with Gasteiger partial charge in [-0.15, -0.1) is 0 Å². The summed E-state index contributed by atoms with van der Waals surface area (Å²) in [5, 5.41) is 3.64. The first kappa shape index (κ1) is 12.4. The standard InChI is InChI=1S/C16H21N3/c1-3-17-14(15-18-11-12-19(15)2)16(9-10-16)13-7-5-4-6-8-13/h4-8,11-12,14,17H,3,9-10H2,1-2H3. The molecule has 0 saturated heterocycles. The van der Waals surface area contributed by atoms with E-state index < -0.39 is 0 Å². The number of aryl methyl sites for hydroxylation is 1. The Morgan fingerprint density at radius 2 is 2.05 bits per heavy atom. The van der Waals surface area contributed by atoms with Crippen molar-refractivity contribution in [3.8, 4) is 0 Å². The van der Waals surface area contributed by atoms with Gasteiger partial charge in [0.2, 0.25) is 0 Å². The fraction of sp³-hybridized carbons (Fsp3) is 0.438. The lowest BCUT2D eigenvalue weighted by Gasteiger charge is -2.28. The SMILES string of the molecule is CCNC(c1nccn1C)C1(c2ccccc2)CC1. The van der Waals surface area contributed by atoms with E-state index in [9.17, 15) is 0 Å². The maximum absolute atomic E-state index is 4.57. The number of rotatable bonds is 5. The molecule has 1 aliphatic rings. The first-order valence-corrected chi connectivity index (χ1v) is 7.04. The number of imidazole rings is 1. The molecule has 3 heteroatoms. The topological polar surface area (TPSA) is 29.9 Å². The molecule has 3 rings (SSSR count). The molecule has 19 heavy (non-hydrogen) atoms. The Balaban J connectivity index is 1.99. The second kappa shape index (κ2) is 4.82. The summed E-state index contributed by atoms with van der Waals surface area (Å²) in [4.78, 5) is 4.57. The summed E-state index contributed by atoms with van der Waals surface area (Å²) >= 11 is 0. The monoisotopic (exact) mass is 255 g/mol. The summed E-state index contributed by atoms with van der Waals surface area (Å²) in [6, 6.07) is 11.2. The molecule has 1 unspecified atom stereocenters. The highest BCUT2D eigenvalue weighted by Gasteiger charge is 2.52. The van der Waals surface area contributed by atoms with Gasteiger partial charge in [-0.25, -0.2) is 4.98 Å². The lowest BCUT2D eigenvalue weighted by atomic mass is 9.87. The van der Waals surface area contributed by atoms with Crippen LogP contribution in [0.15, 0.2) is 42.7 Å². The molecule has 1 aromatic heterocycles. The molecule has 0 spiro atoms. The van der Waals surface area contributed by atoms with Crippen molar-refractivity contribution in [3.63, 3.8) is 0 Å². The minimum Gasteiger partial charge on any atom is -0.337 e.